The van der Waals surface area contributed by atoms with Crippen molar-refractivity contribution in [2.45, 2.75) is 36.9 Å². The topological polar surface area (TPSA) is 192 Å². The molecule has 3 heterocycles. The first-order chi connectivity index (χ1) is 18.0. The van der Waals surface area contributed by atoms with Crippen molar-refractivity contribution in [1.82, 2.24) is 15.1 Å². The van der Waals surface area contributed by atoms with Gasteiger partial charge in [0.25, 0.3) is 29.2 Å². The number of piperidine rings is 1. The number of hydrogen-bond donors (Lipinski definition) is 7. The van der Waals surface area contributed by atoms with Crippen molar-refractivity contribution in [1.29, 1.82) is 0 Å². The van der Waals surface area contributed by atoms with Gasteiger partial charge >= 0.3 is 5.79 Å². The molecule has 3 aliphatic heterocycles. The molecule has 2 aromatic carbocycles. The van der Waals surface area contributed by atoms with Crippen molar-refractivity contribution in [2.24, 2.45) is 0 Å². The number of nitrogens with one attached hydrogen (secondary N) is 2. The van der Waals surface area contributed by atoms with Crippen molar-refractivity contribution >= 4 is 23.4 Å². The van der Waals surface area contributed by atoms with Crippen molar-refractivity contribution in [3.05, 3.63) is 64.7 Å². The Morgan fingerprint density at radius 3 is 2.34 bits per heavy atom. The molecule has 0 aliphatic carbocycles. The van der Waals surface area contributed by atoms with Crippen LogP contribution in [0, 0.1) is 0 Å². The fourth-order valence-electron chi connectivity index (χ4n) is 4.96. The van der Waals surface area contributed by atoms with E-state index in [9.17, 15) is 39.9 Å². The number of anilines is 1. The fourth-order valence-corrected chi connectivity index (χ4v) is 4.96. The highest BCUT2D eigenvalue weighted by Crippen LogP contribution is 2.42. The van der Waals surface area contributed by atoms with Crippen molar-refractivity contribution in [2.75, 3.05) is 31.6 Å². The molecule has 1 atom stereocenters. The van der Waals surface area contributed by atoms with E-state index in [1.165, 1.54) is 11.4 Å². The van der Waals surface area contributed by atoms with Gasteiger partial charge in [-0.15, -0.1) is 0 Å². The first kappa shape index (κ1) is 26.2. The molecule has 13 heteroatoms. The Morgan fingerprint density at radius 1 is 0.921 bits per heavy atom. The van der Waals surface area contributed by atoms with Crippen LogP contribution in [0.4, 0.5) is 5.69 Å². The Bertz CT molecular complexity index is 1290. The SMILES string of the molecule is O=C1c2cccc(NCc3cccc(CN4CCOCC4)c3)c2CN1C1(O)C(=O)NC(=O)C(O)(O)C1(O)O. The molecule has 13 nitrogen and oxygen atoms in total. The van der Waals surface area contributed by atoms with Gasteiger partial charge in [-0.05, 0) is 23.3 Å². The summed E-state index contributed by atoms with van der Waals surface area (Å²) in [5.74, 6) is -12.7. The number of ether oxygens (including phenoxy) is 1. The minimum atomic E-state index is -4.13. The van der Waals surface area contributed by atoms with Crippen LogP contribution in [-0.4, -0.2) is 96.7 Å². The summed E-state index contributed by atoms with van der Waals surface area (Å²) in [6, 6.07) is 12.6. The number of benzene rings is 2. The summed E-state index contributed by atoms with van der Waals surface area (Å²) in [4.78, 5) is 40.2. The molecule has 38 heavy (non-hydrogen) atoms. The molecule has 7 N–H and O–H groups in total. The second-order valence-corrected chi connectivity index (χ2v) is 9.58. The van der Waals surface area contributed by atoms with Crippen LogP contribution < -0.4 is 10.6 Å². The van der Waals surface area contributed by atoms with E-state index in [1.807, 2.05) is 18.2 Å². The molecule has 0 spiro atoms. The molecule has 3 aliphatic rings. The van der Waals surface area contributed by atoms with Gasteiger partial charge in [0.05, 0.1) is 19.8 Å². The van der Waals surface area contributed by atoms with Gasteiger partial charge in [0.1, 0.15) is 0 Å². The van der Waals surface area contributed by atoms with Gasteiger partial charge in [-0.25, -0.2) is 0 Å². The highest BCUT2D eigenvalue weighted by atomic mass is 16.6. The van der Waals surface area contributed by atoms with E-state index in [-0.39, 0.29) is 5.56 Å². The van der Waals surface area contributed by atoms with Crippen molar-refractivity contribution < 1.29 is 44.7 Å². The zero-order valence-corrected chi connectivity index (χ0v) is 20.3. The second-order valence-electron chi connectivity index (χ2n) is 9.58. The Kier molecular flexibility index (Phi) is 6.47. The highest BCUT2D eigenvalue weighted by Gasteiger charge is 2.76. The van der Waals surface area contributed by atoms with Crippen molar-refractivity contribution in [3.8, 4) is 0 Å². The summed E-state index contributed by atoms with van der Waals surface area (Å²) in [6.45, 7) is 3.79. The van der Waals surface area contributed by atoms with Crippen LogP contribution in [0.5, 0.6) is 0 Å². The lowest BCUT2D eigenvalue weighted by molar-refractivity contribution is -0.407. The Hall–Kier alpha value is -3.43. The number of fused-ring (bicyclic) bond motifs is 1. The molecule has 2 fully saturated rings. The lowest BCUT2D eigenvalue weighted by Gasteiger charge is -2.50. The van der Waals surface area contributed by atoms with E-state index in [0.29, 0.717) is 35.9 Å². The third kappa shape index (κ3) is 4.05. The molecule has 3 amide bonds. The monoisotopic (exact) mass is 528 g/mol. The Morgan fingerprint density at radius 2 is 1.61 bits per heavy atom. The lowest BCUT2D eigenvalue weighted by atomic mass is 9.86. The maximum absolute atomic E-state index is 13.2. The molecule has 5 rings (SSSR count). The first-order valence-corrected chi connectivity index (χ1v) is 12.0. The van der Waals surface area contributed by atoms with E-state index < -0.39 is 41.6 Å². The number of morpholine rings is 1. The summed E-state index contributed by atoms with van der Waals surface area (Å²) in [5.41, 5.74) is -0.638. The number of nitrogens with zero attached hydrogens (tertiary/aromatic N) is 2. The molecular formula is C25H28N4O9. The van der Waals surface area contributed by atoms with Gasteiger partial charge in [0, 0.05) is 43.0 Å². The van der Waals surface area contributed by atoms with E-state index in [2.05, 4.69) is 16.3 Å². The van der Waals surface area contributed by atoms with Crippen LogP contribution in [-0.2, 0) is 34.0 Å². The van der Waals surface area contributed by atoms with Crippen LogP contribution in [0.1, 0.15) is 27.0 Å². The van der Waals surface area contributed by atoms with Crippen LogP contribution in [0.15, 0.2) is 42.5 Å². The minimum absolute atomic E-state index is 0.0477. The zero-order chi connectivity index (χ0) is 27.3. The third-order valence-corrected chi connectivity index (χ3v) is 7.18. The predicted molar refractivity (Wildman–Crippen MR) is 129 cm³/mol. The number of hydrogen-bond acceptors (Lipinski definition) is 11. The molecule has 202 valence electrons. The molecular weight excluding hydrogens is 500 g/mol. The average Bonchev–Trinajstić information content (AvgIpc) is 3.24. The molecule has 2 aromatic rings. The average molecular weight is 529 g/mol. The van der Waals surface area contributed by atoms with Gasteiger partial charge in [-0.3, -0.25) is 29.5 Å². The number of amides is 3. The third-order valence-electron chi connectivity index (χ3n) is 7.18. The summed E-state index contributed by atoms with van der Waals surface area (Å²) in [6.07, 6.45) is 0. The summed E-state index contributed by atoms with van der Waals surface area (Å²) in [5, 5.41) is 56.4. The predicted octanol–water partition coefficient (Wildman–Crippen LogP) is -2.21. The molecule has 2 saturated heterocycles. The Labute approximate surface area is 216 Å². The number of carbonyl (C=O) groups is 3. The Balaban J connectivity index is 1.36. The quantitative estimate of drug-likeness (QED) is 0.159. The lowest BCUT2D eigenvalue weighted by Crippen LogP contribution is -2.85. The van der Waals surface area contributed by atoms with E-state index in [1.54, 1.807) is 12.1 Å². The standard InChI is InChI=1S/C25H28N4O9/c30-20-17-5-2-6-19(26-12-15-3-1-4-16(11-15)13-28-7-9-38-10-8-28)18(17)14-29(20)23(33)21(31)27-22(32)24(34,35)25(23,36)37/h1-6,11,26,33-37H,7-10,12-14H2,(H,27,31,32). The molecule has 0 radical (unpaired) electrons. The number of imide groups is 1. The second kappa shape index (κ2) is 9.39. The maximum Gasteiger partial charge on any atom is 0.306 e. The largest absolute Gasteiger partial charge is 0.381 e. The normalized spacial score (nSPS) is 24.8. The fraction of sp³-hybridized carbons (Fsp3) is 0.400. The van der Waals surface area contributed by atoms with Gasteiger partial charge in [0.15, 0.2) is 0 Å². The van der Waals surface area contributed by atoms with E-state index >= 15 is 0 Å². The molecule has 0 bridgehead atoms. The van der Waals surface area contributed by atoms with Crippen LogP contribution >= 0.6 is 0 Å². The van der Waals surface area contributed by atoms with E-state index in [4.69, 9.17) is 4.74 Å². The first-order valence-electron chi connectivity index (χ1n) is 12.0. The molecule has 0 saturated carbocycles. The highest BCUT2D eigenvalue weighted by molar-refractivity contribution is 6.10. The number of rotatable bonds is 6. The summed E-state index contributed by atoms with van der Waals surface area (Å²) in [7, 11) is 0. The summed E-state index contributed by atoms with van der Waals surface area (Å²) < 4.78 is 5.39. The maximum atomic E-state index is 13.2. The van der Waals surface area contributed by atoms with Crippen LogP contribution in [0.3, 0.4) is 0 Å². The summed E-state index contributed by atoms with van der Waals surface area (Å²) >= 11 is 0. The molecule has 1 unspecified atom stereocenters. The van der Waals surface area contributed by atoms with Crippen LogP contribution in [0.25, 0.3) is 0 Å². The van der Waals surface area contributed by atoms with Gasteiger partial charge in [-0.2, -0.15) is 0 Å². The van der Waals surface area contributed by atoms with Gasteiger partial charge in [-0.1, -0.05) is 30.3 Å². The molecule has 0 aromatic heterocycles. The van der Waals surface area contributed by atoms with Gasteiger partial charge < -0.3 is 35.6 Å². The number of carbonyl (C=O) groups excluding carboxylic acids is 3. The zero-order valence-electron chi connectivity index (χ0n) is 20.3. The minimum Gasteiger partial charge on any atom is -0.381 e. The van der Waals surface area contributed by atoms with Crippen LogP contribution in [0.2, 0.25) is 0 Å². The smallest absolute Gasteiger partial charge is 0.306 e. The number of aliphatic hydroxyl groups is 5. The van der Waals surface area contributed by atoms with Gasteiger partial charge in [0.2, 0.25) is 0 Å². The van der Waals surface area contributed by atoms with E-state index in [0.717, 1.165) is 30.8 Å². The van der Waals surface area contributed by atoms with Crippen molar-refractivity contribution in [3.63, 3.8) is 0 Å².